The van der Waals surface area contributed by atoms with E-state index in [9.17, 15) is 8.60 Å². The van der Waals surface area contributed by atoms with Crippen molar-refractivity contribution < 1.29 is 8.60 Å². The maximum absolute atomic E-state index is 13.9. The van der Waals surface area contributed by atoms with Gasteiger partial charge in [-0.25, -0.2) is 8.60 Å². The fraction of sp³-hybridized carbons (Fsp3) is 0.429. The van der Waals surface area contributed by atoms with E-state index in [4.69, 9.17) is 0 Å². The molecule has 2 aromatic carbocycles. The maximum atomic E-state index is 13.9. The van der Waals surface area contributed by atoms with Crippen LogP contribution in [0.5, 0.6) is 0 Å². The summed E-state index contributed by atoms with van der Waals surface area (Å²) in [5, 5.41) is 0. The predicted octanol–water partition coefficient (Wildman–Crippen LogP) is 5.32. The van der Waals surface area contributed by atoms with Gasteiger partial charge in [0, 0.05) is 23.2 Å². The Morgan fingerprint density at radius 1 is 1.12 bits per heavy atom. The van der Waals surface area contributed by atoms with Gasteiger partial charge in [-0.2, -0.15) is 0 Å². The van der Waals surface area contributed by atoms with E-state index >= 15 is 0 Å². The van der Waals surface area contributed by atoms with Gasteiger partial charge in [0.15, 0.2) is 0 Å². The molecule has 0 aromatic heterocycles. The number of anilines is 1. The fourth-order valence-electron chi connectivity index (χ4n) is 3.74. The van der Waals surface area contributed by atoms with Crippen molar-refractivity contribution in [2.75, 3.05) is 11.4 Å². The van der Waals surface area contributed by atoms with E-state index in [1.54, 1.807) is 18.2 Å². The topological polar surface area (TPSA) is 20.3 Å². The van der Waals surface area contributed by atoms with Gasteiger partial charge in [-0.15, -0.1) is 0 Å². The first-order valence-electron chi connectivity index (χ1n) is 9.21. The van der Waals surface area contributed by atoms with Crippen LogP contribution in [-0.4, -0.2) is 16.8 Å². The molecule has 0 spiro atoms. The van der Waals surface area contributed by atoms with Gasteiger partial charge in [0.1, 0.15) is 5.82 Å². The molecule has 3 rings (SSSR count). The third-order valence-electron chi connectivity index (χ3n) is 4.92. The van der Waals surface area contributed by atoms with E-state index in [-0.39, 0.29) is 4.90 Å². The monoisotopic (exact) mass is 359 g/mol. The van der Waals surface area contributed by atoms with Crippen LogP contribution in [0.3, 0.4) is 0 Å². The lowest BCUT2D eigenvalue weighted by atomic mass is 10.0. The third kappa shape index (κ3) is 3.79. The highest BCUT2D eigenvalue weighted by molar-refractivity contribution is 7.85. The molecule has 1 atom stereocenters. The second-order valence-corrected chi connectivity index (χ2v) is 8.11. The largest absolute Gasteiger partial charge is 0.368 e. The average molecular weight is 360 g/mol. The van der Waals surface area contributed by atoms with Crippen LogP contribution in [0.4, 0.5) is 10.1 Å². The Morgan fingerprint density at radius 3 is 2.52 bits per heavy atom. The smallest absolute Gasteiger partial charge is 0.139 e. The van der Waals surface area contributed by atoms with Gasteiger partial charge < -0.3 is 4.90 Å². The van der Waals surface area contributed by atoms with Crippen LogP contribution in [0.25, 0.3) is 0 Å². The second kappa shape index (κ2) is 8.13. The van der Waals surface area contributed by atoms with E-state index in [1.807, 2.05) is 12.1 Å². The predicted molar refractivity (Wildman–Crippen MR) is 102 cm³/mol. The highest BCUT2D eigenvalue weighted by Gasteiger charge is 2.26. The molecule has 2 nitrogen and oxygen atoms in total. The molecular formula is C21H26FNOS. The molecule has 25 heavy (non-hydrogen) atoms. The molecule has 4 heteroatoms. The quantitative estimate of drug-likeness (QED) is 0.666. The molecular weight excluding hydrogens is 333 g/mol. The Bertz CT molecular complexity index is 755. The zero-order chi connectivity index (χ0) is 17.8. The SMILES string of the molecule is CCCC(CCC)N1CCc2cc(S(=O)c3ccccc3F)ccc21. The first-order valence-corrected chi connectivity index (χ1v) is 10.4. The van der Waals surface area contributed by atoms with E-state index < -0.39 is 16.6 Å². The molecule has 0 amide bonds. The minimum atomic E-state index is -1.47. The lowest BCUT2D eigenvalue weighted by molar-refractivity contribution is 0.514. The van der Waals surface area contributed by atoms with Crippen LogP contribution in [0.1, 0.15) is 45.1 Å². The van der Waals surface area contributed by atoms with Gasteiger partial charge in [-0.3, -0.25) is 0 Å². The summed E-state index contributed by atoms with van der Waals surface area (Å²) >= 11 is 0. The van der Waals surface area contributed by atoms with E-state index in [0.717, 1.165) is 13.0 Å². The van der Waals surface area contributed by atoms with Crippen LogP contribution in [0.2, 0.25) is 0 Å². The van der Waals surface area contributed by atoms with Gasteiger partial charge in [-0.1, -0.05) is 38.8 Å². The molecule has 2 aromatic rings. The van der Waals surface area contributed by atoms with E-state index in [2.05, 4.69) is 24.8 Å². The number of hydrogen-bond donors (Lipinski definition) is 0. The van der Waals surface area contributed by atoms with Crippen molar-refractivity contribution in [1.29, 1.82) is 0 Å². The molecule has 1 heterocycles. The molecule has 0 radical (unpaired) electrons. The molecule has 0 bridgehead atoms. The minimum Gasteiger partial charge on any atom is -0.368 e. The Hall–Kier alpha value is -1.68. The summed E-state index contributed by atoms with van der Waals surface area (Å²) in [6, 6.07) is 12.9. The minimum absolute atomic E-state index is 0.257. The first kappa shape index (κ1) is 18.1. The summed E-state index contributed by atoms with van der Waals surface area (Å²) in [7, 11) is -1.47. The molecule has 0 saturated carbocycles. The Kier molecular flexibility index (Phi) is 5.89. The van der Waals surface area contributed by atoms with Gasteiger partial charge >= 0.3 is 0 Å². The van der Waals surface area contributed by atoms with Crippen molar-refractivity contribution in [1.82, 2.24) is 0 Å². The molecule has 0 fully saturated rings. The van der Waals surface area contributed by atoms with Crippen molar-refractivity contribution in [2.24, 2.45) is 0 Å². The van der Waals surface area contributed by atoms with Crippen LogP contribution in [-0.2, 0) is 17.2 Å². The number of benzene rings is 2. The number of nitrogens with zero attached hydrogens (tertiary/aromatic N) is 1. The maximum Gasteiger partial charge on any atom is 0.139 e. The molecule has 134 valence electrons. The summed E-state index contributed by atoms with van der Waals surface area (Å²) in [6.45, 7) is 5.50. The lowest BCUT2D eigenvalue weighted by Crippen LogP contribution is -2.33. The Balaban J connectivity index is 1.86. The summed E-state index contributed by atoms with van der Waals surface area (Å²) in [4.78, 5) is 3.46. The second-order valence-electron chi connectivity index (χ2n) is 6.66. The summed E-state index contributed by atoms with van der Waals surface area (Å²) < 4.78 is 26.7. The van der Waals surface area contributed by atoms with Crippen molar-refractivity contribution in [3.05, 3.63) is 53.8 Å². The summed E-state index contributed by atoms with van der Waals surface area (Å²) in [6.07, 6.45) is 5.76. The van der Waals surface area contributed by atoms with Crippen molar-refractivity contribution in [2.45, 2.75) is 61.8 Å². The number of fused-ring (bicyclic) bond motifs is 1. The highest BCUT2D eigenvalue weighted by atomic mass is 32.2. The fourth-order valence-corrected chi connectivity index (χ4v) is 4.88. The number of halogens is 1. The van der Waals surface area contributed by atoms with Crippen LogP contribution in [0, 0.1) is 5.82 Å². The van der Waals surface area contributed by atoms with Crippen LogP contribution in [0.15, 0.2) is 52.3 Å². The average Bonchev–Trinajstić information content (AvgIpc) is 3.04. The van der Waals surface area contributed by atoms with Gasteiger partial charge in [0.05, 0.1) is 15.7 Å². The molecule has 1 aliphatic rings. The molecule has 1 unspecified atom stereocenters. The van der Waals surface area contributed by atoms with E-state index in [0.29, 0.717) is 10.9 Å². The van der Waals surface area contributed by atoms with Gasteiger partial charge in [0.2, 0.25) is 0 Å². The standard InChI is InChI=1S/C21H26FNOS/c1-3-7-17(8-4-2)23-14-13-16-15-18(11-12-20(16)23)25(24)21-10-6-5-9-19(21)22/h5-6,9-12,15,17H,3-4,7-8,13-14H2,1-2H3. The van der Waals surface area contributed by atoms with Gasteiger partial charge in [0.25, 0.3) is 0 Å². The number of hydrogen-bond acceptors (Lipinski definition) is 2. The van der Waals surface area contributed by atoms with E-state index in [1.165, 1.54) is 43.0 Å². The zero-order valence-electron chi connectivity index (χ0n) is 15.0. The molecule has 1 aliphatic heterocycles. The lowest BCUT2D eigenvalue weighted by Gasteiger charge is -2.30. The van der Waals surface area contributed by atoms with Crippen molar-refractivity contribution >= 4 is 16.5 Å². The molecule has 0 saturated heterocycles. The zero-order valence-corrected chi connectivity index (χ0v) is 15.8. The molecule has 0 aliphatic carbocycles. The van der Waals surface area contributed by atoms with Crippen LogP contribution < -0.4 is 4.90 Å². The normalized spacial score (nSPS) is 14.8. The number of rotatable bonds is 7. The summed E-state index contributed by atoms with van der Waals surface area (Å²) in [5.74, 6) is -0.408. The van der Waals surface area contributed by atoms with Crippen molar-refractivity contribution in [3.63, 3.8) is 0 Å². The third-order valence-corrected chi connectivity index (χ3v) is 6.33. The Labute approximate surface area is 152 Å². The summed E-state index contributed by atoms with van der Waals surface area (Å²) in [5.41, 5.74) is 2.50. The Morgan fingerprint density at radius 2 is 1.84 bits per heavy atom. The highest BCUT2D eigenvalue weighted by Crippen LogP contribution is 2.34. The van der Waals surface area contributed by atoms with Crippen LogP contribution >= 0.6 is 0 Å². The molecule has 0 N–H and O–H groups in total. The van der Waals surface area contributed by atoms with Crippen molar-refractivity contribution in [3.8, 4) is 0 Å². The first-order chi connectivity index (χ1) is 12.2. The van der Waals surface area contributed by atoms with Gasteiger partial charge in [-0.05, 0) is 55.2 Å².